The lowest BCUT2D eigenvalue weighted by atomic mass is 9.86. The summed E-state index contributed by atoms with van der Waals surface area (Å²) < 4.78 is 27.5. The number of piperazine rings is 1. The van der Waals surface area contributed by atoms with Crippen molar-refractivity contribution >= 4 is 17.7 Å². The van der Waals surface area contributed by atoms with Gasteiger partial charge in [0.05, 0.1) is 22.9 Å². The fourth-order valence-corrected chi connectivity index (χ4v) is 7.45. The van der Waals surface area contributed by atoms with Gasteiger partial charge in [0.2, 0.25) is 11.8 Å². The molecule has 1 saturated heterocycles. The Hall–Kier alpha value is -4.06. The normalized spacial score (nSPS) is 20.2. The Kier molecular flexibility index (Phi) is 12.0. The number of rotatable bonds is 15. The van der Waals surface area contributed by atoms with Crippen molar-refractivity contribution < 1.29 is 23.2 Å². The molecule has 2 fully saturated rings. The molecule has 266 valence electrons. The van der Waals surface area contributed by atoms with Crippen LogP contribution < -0.4 is 10.6 Å². The van der Waals surface area contributed by atoms with Crippen molar-refractivity contribution in [3.63, 3.8) is 0 Å². The number of carbonyl (C=O) groups is 3. The van der Waals surface area contributed by atoms with E-state index in [-0.39, 0.29) is 61.4 Å². The second-order valence-electron chi connectivity index (χ2n) is 13.9. The maximum atomic E-state index is 13.7. The molecule has 0 radical (unpaired) electrons. The molecule has 9 nitrogen and oxygen atoms in total. The number of halogens is 2. The summed E-state index contributed by atoms with van der Waals surface area (Å²) in [6, 6.07) is 22.9. The first-order chi connectivity index (χ1) is 24.3. The fraction of sp³-hybridized carbons (Fsp3) is 0.487. The van der Waals surface area contributed by atoms with E-state index >= 15 is 0 Å². The van der Waals surface area contributed by atoms with Crippen LogP contribution in [-0.2, 0) is 11.3 Å². The minimum atomic E-state index is -2.66. The molecule has 3 heterocycles. The largest absolute Gasteiger partial charge is 0.349 e. The SMILES string of the molecule is O=C(NC(CCN1CCNC(CN(CCCCN2C(=O)c3ccccc3C2=O)Cc2ccccn2)C1)c1ccccc1)C1CCC(F)(F)CC1. The molecule has 2 aromatic carbocycles. The van der Waals surface area contributed by atoms with Gasteiger partial charge in [-0.2, -0.15) is 0 Å². The van der Waals surface area contributed by atoms with Gasteiger partial charge in [0.25, 0.3) is 11.8 Å². The zero-order chi connectivity index (χ0) is 34.9. The average molecular weight is 687 g/mol. The third-order valence-corrected chi connectivity index (χ3v) is 10.3. The van der Waals surface area contributed by atoms with Gasteiger partial charge in [-0.3, -0.25) is 29.2 Å². The van der Waals surface area contributed by atoms with Gasteiger partial charge in [0.15, 0.2) is 0 Å². The predicted molar refractivity (Wildman–Crippen MR) is 188 cm³/mol. The Morgan fingerprint density at radius 2 is 1.64 bits per heavy atom. The zero-order valence-electron chi connectivity index (χ0n) is 28.6. The van der Waals surface area contributed by atoms with E-state index in [1.807, 2.05) is 54.7 Å². The monoisotopic (exact) mass is 686 g/mol. The molecule has 3 aromatic rings. The highest BCUT2D eigenvalue weighted by Crippen LogP contribution is 2.36. The fourth-order valence-electron chi connectivity index (χ4n) is 7.45. The molecule has 1 aromatic heterocycles. The number of hydrogen-bond acceptors (Lipinski definition) is 7. The summed E-state index contributed by atoms with van der Waals surface area (Å²) in [5.41, 5.74) is 2.98. The van der Waals surface area contributed by atoms with Crippen molar-refractivity contribution in [1.82, 2.24) is 30.3 Å². The molecule has 2 N–H and O–H groups in total. The van der Waals surface area contributed by atoms with Gasteiger partial charge in [0.1, 0.15) is 0 Å². The van der Waals surface area contributed by atoms with E-state index in [9.17, 15) is 23.2 Å². The maximum Gasteiger partial charge on any atom is 0.261 e. The van der Waals surface area contributed by atoms with Gasteiger partial charge in [-0.15, -0.1) is 0 Å². The number of amides is 3. The van der Waals surface area contributed by atoms with Crippen LogP contribution in [-0.4, -0.2) is 95.2 Å². The number of pyridine rings is 1. The lowest BCUT2D eigenvalue weighted by Gasteiger charge is -2.37. The number of carbonyl (C=O) groups excluding carboxylic acids is 3. The van der Waals surface area contributed by atoms with Crippen LogP contribution in [0.4, 0.5) is 8.78 Å². The molecular formula is C39H48F2N6O3. The summed E-state index contributed by atoms with van der Waals surface area (Å²) in [5, 5.41) is 6.90. The van der Waals surface area contributed by atoms with Crippen LogP contribution in [0.25, 0.3) is 0 Å². The molecule has 3 amide bonds. The Morgan fingerprint density at radius 3 is 2.34 bits per heavy atom. The van der Waals surface area contributed by atoms with Gasteiger partial charge in [-0.1, -0.05) is 48.5 Å². The van der Waals surface area contributed by atoms with Gasteiger partial charge < -0.3 is 15.5 Å². The average Bonchev–Trinajstić information content (AvgIpc) is 3.37. The Bertz CT molecular complexity index is 1550. The highest BCUT2D eigenvalue weighted by molar-refractivity contribution is 6.21. The van der Waals surface area contributed by atoms with Crippen molar-refractivity contribution in [1.29, 1.82) is 0 Å². The van der Waals surface area contributed by atoms with Crippen molar-refractivity contribution in [2.75, 3.05) is 45.8 Å². The lowest BCUT2D eigenvalue weighted by molar-refractivity contribution is -0.130. The van der Waals surface area contributed by atoms with Crippen LogP contribution in [0.15, 0.2) is 79.0 Å². The molecule has 3 aliphatic rings. The molecule has 2 unspecified atom stereocenters. The van der Waals surface area contributed by atoms with Crippen LogP contribution in [0, 0.1) is 5.92 Å². The molecule has 1 aliphatic carbocycles. The van der Waals surface area contributed by atoms with E-state index in [1.165, 1.54) is 4.90 Å². The zero-order valence-corrected chi connectivity index (χ0v) is 28.6. The first-order valence-corrected chi connectivity index (χ1v) is 18.0. The number of fused-ring (bicyclic) bond motifs is 1. The minimum absolute atomic E-state index is 0.124. The number of hydrogen-bond donors (Lipinski definition) is 2. The van der Waals surface area contributed by atoms with Gasteiger partial charge in [0, 0.05) is 76.8 Å². The number of benzene rings is 2. The number of nitrogens with zero attached hydrogens (tertiary/aromatic N) is 4. The Labute approximate surface area is 293 Å². The number of unbranched alkanes of at least 4 members (excludes halogenated alkanes) is 1. The van der Waals surface area contributed by atoms with E-state index < -0.39 is 5.92 Å². The highest BCUT2D eigenvalue weighted by atomic mass is 19.3. The van der Waals surface area contributed by atoms with E-state index in [0.29, 0.717) is 30.6 Å². The number of aromatic nitrogens is 1. The maximum absolute atomic E-state index is 13.7. The molecule has 0 spiro atoms. The minimum Gasteiger partial charge on any atom is -0.349 e. The van der Waals surface area contributed by atoms with E-state index in [1.54, 1.807) is 24.3 Å². The number of nitrogens with one attached hydrogen (secondary N) is 2. The van der Waals surface area contributed by atoms with Gasteiger partial charge in [-0.05, 0) is 68.5 Å². The second kappa shape index (κ2) is 16.8. The first kappa shape index (κ1) is 35.8. The Morgan fingerprint density at radius 1 is 0.940 bits per heavy atom. The van der Waals surface area contributed by atoms with Gasteiger partial charge >= 0.3 is 0 Å². The summed E-state index contributed by atoms with van der Waals surface area (Å²) in [6.07, 6.45) is 4.05. The molecule has 0 bridgehead atoms. The van der Waals surface area contributed by atoms with Crippen LogP contribution in [0.5, 0.6) is 0 Å². The highest BCUT2D eigenvalue weighted by Gasteiger charge is 2.38. The van der Waals surface area contributed by atoms with E-state index in [0.717, 1.165) is 63.4 Å². The summed E-state index contributed by atoms with van der Waals surface area (Å²) in [4.78, 5) is 49.6. The summed E-state index contributed by atoms with van der Waals surface area (Å²) in [7, 11) is 0. The first-order valence-electron chi connectivity index (χ1n) is 18.0. The summed E-state index contributed by atoms with van der Waals surface area (Å²) in [5.74, 6) is -3.59. The third-order valence-electron chi connectivity index (χ3n) is 10.3. The molecule has 50 heavy (non-hydrogen) atoms. The summed E-state index contributed by atoms with van der Waals surface area (Å²) in [6.45, 7) is 6.08. The van der Waals surface area contributed by atoms with Crippen LogP contribution in [0.2, 0.25) is 0 Å². The molecular weight excluding hydrogens is 638 g/mol. The molecule has 2 atom stereocenters. The number of imide groups is 1. The van der Waals surface area contributed by atoms with Crippen molar-refractivity contribution in [2.24, 2.45) is 5.92 Å². The molecule has 11 heteroatoms. The quantitative estimate of drug-likeness (QED) is 0.165. The van der Waals surface area contributed by atoms with Crippen LogP contribution >= 0.6 is 0 Å². The molecule has 2 aliphatic heterocycles. The second-order valence-corrected chi connectivity index (χ2v) is 13.9. The lowest BCUT2D eigenvalue weighted by Crippen LogP contribution is -2.55. The van der Waals surface area contributed by atoms with Crippen LogP contribution in [0.3, 0.4) is 0 Å². The molecule has 6 rings (SSSR count). The van der Waals surface area contributed by atoms with Gasteiger partial charge in [-0.25, -0.2) is 8.78 Å². The van der Waals surface area contributed by atoms with Crippen LogP contribution in [0.1, 0.15) is 83.0 Å². The van der Waals surface area contributed by atoms with E-state index in [4.69, 9.17) is 0 Å². The number of alkyl halides is 2. The third kappa shape index (κ3) is 9.38. The Balaban J connectivity index is 1.02. The topological polar surface area (TPSA) is 97.9 Å². The smallest absolute Gasteiger partial charge is 0.261 e. The molecule has 1 saturated carbocycles. The summed E-state index contributed by atoms with van der Waals surface area (Å²) >= 11 is 0. The van der Waals surface area contributed by atoms with Crippen molar-refractivity contribution in [3.05, 3.63) is 101 Å². The predicted octanol–water partition coefficient (Wildman–Crippen LogP) is 5.31. The van der Waals surface area contributed by atoms with E-state index in [2.05, 4.69) is 25.4 Å². The van der Waals surface area contributed by atoms with Crippen molar-refractivity contribution in [2.45, 2.75) is 69.5 Å². The standard InChI is InChI=1S/C39H48F2N6O3/c40-39(41)18-15-30(16-19-39)36(48)44-35(29-10-2-1-3-11-29)17-24-45-25-21-43-32(27-45)28-46(26-31-12-6-7-20-42-31)22-8-9-23-47-37(49)33-13-4-5-14-34(33)38(47)50/h1-7,10-14,20,30,32,35,43H,8-9,15-19,21-28H2,(H,44,48). The van der Waals surface area contributed by atoms with Crippen molar-refractivity contribution in [3.8, 4) is 0 Å².